The van der Waals surface area contributed by atoms with Gasteiger partial charge in [-0.1, -0.05) is 12.5 Å². The lowest BCUT2D eigenvalue weighted by atomic mass is 10.0. The van der Waals surface area contributed by atoms with Gasteiger partial charge in [-0.05, 0) is 38.2 Å². The molecule has 0 heterocycles. The van der Waals surface area contributed by atoms with Gasteiger partial charge in [0, 0.05) is 0 Å². The van der Waals surface area contributed by atoms with Crippen LogP contribution in [0.3, 0.4) is 0 Å². The van der Waals surface area contributed by atoms with Gasteiger partial charge in [-0.3, -0.25) is 4.79 Å². The predicted molar refractivity (Wildman–Crippen MR) is 41.8 cm³/mol. The summed E-state index contributed by atoms with van der Waals surface area (Å²) in [6, 6.07) is 0. The first kappa shape index (κ1) is 7.52. The lowest BCUT2D eigenvalue weighted by Gasteiger charge is -2.01. The molecule has 1 atom stereocenters. The second kappa shape index (κ2) is 3.00. The first-order valence-electron chi connectivity index (χ1n) is 3.91. The molecule has 1 rings (SSSR count). The minimum atomic E-state index is 0.198. The van der Waals surface area contributed by atoms with Crippen LogP contribution in [0, 0.1) is 5.92 Å². The molecule has 0 aromatic carbocycles. The molecule has 1 aliphatic rings. The molecule has 56 valence electrons. The van der Waals surface area contributed by atoms with Crippen molar-refractivity contribution in [3.8, 4) is 0 Å². The quantitative estimate of drug-likeness (QED) is 0.508. The van der Waals surface area contributed by atoms with E-state index in [0.717, 1.165) is 6.42 Å². The molecule has 0 N–H and O–H groups in total. The van der Waals surface area contributed by atoms with E-state index < -0.39 is 0 Å². The standard InChI is InChI=1S/C9H14O/c1-7-4-3-5-9(7)6-8(2)10/h6-7H,3-5H2,1-2H3. The summed E-state index contributed by atoms with van der Waals surface area (Å²) in [4.78, 5) is 10.7. The van der Waals surface area contributed by atoms with Crippen LogP contribution in [0.2, 0.25) is 0 Å². The fourth-order valence-electron chi connectivity index (χ4n) is 1.52. The molecule has 0 radical (unpaired) electrons. The average molecular weight is 138 g/mol. The number of allylic oxidation sites excluding steroid dienone is 2. The Kier molecular flexibility index (Phi) is 2.25. The molecule has 0 amide bonds. The van der Waals surface area contributed by atoms with Crippen molar-refractivity contribution in [2.45, 2.75) is 33.1 Å². The van der Waals surface area contributed by atoms with Crippen molar-refractivity contribution in [2.24, 2.45) is 5.92 Å². The Labute approximate surface area is 62.1 Å². The third-order valence-electron chi connectivity index (χ3n) is 2.12. The zero-order valence-corrected chi connectivity index (χ0v) is 6.68. The van der Waals surface area contributed by atoms with E-state index in [1.54, 1.807) is 13.0 Å². The summed E-state index contributed by atoms with van der Waals surface area (Å²) in [6.45, 7) is 3.82. The Bertz CT molecular complexity index is 168. The SMILES string of the molecule is CC(=O)C=C1CCCC1C. The molecule has 1 heteroatoms. The maximum absolute atomic E-state index is 10.7. The molecule has 1 saturated carbocycles. The number of carbonyl (C=O) groups excluding carboxylic acids is 1. The number of carbonyl (C=O) groups is 1. The van der Waals surface area contributed by atoms with Gasteiger partial charge in [0.1, 0.15) is 0 Å². The van der Waals surface area contributed by atoms with E-state index in [4.69, 9.17) is 0 Å². The Balaban J connectivity index is 2.62. The number of rotatable bonds is 1. The largest absolute Gasteiger partial charge is 0.295 e. The van der Waals surface area contributed by atoms with Crippen LogP contribution in [0.25, 0.3) is 0 Å². The van der Waals surface area contributed by atoms with E-state index >= 15 is 0 Å². The maximum Gasteiger partial charge on any atom is 0.152 e. The first-order chi connectivity index (χ1) is 4.70. The van der Waals surface area contributed by atoms with Crippen LogP contribution in [0.1, 0.15) is 33.1 Å². The van der Waals surface area contributed by atoms with E-state index in [0.29, 0.717) is 5.92 Å². The Morgan fingerprint density at radius 2 is 2.40 bits per heavy atom. The first-order valence-corrected chi connectivity index (χ1v) is 3.91. The number of hydrogen-bond donors (Lipinski definition) is 0. The van der Waals surface area contributed by atoms with Crippen LogP contribution < -0.4 is 0 Å². The summed E-state index contributed by atoms with van der Waals surface area (Å²) in [5.74, 6) is 0.854. The topological polar surface area (TPSA) is 17.1 Å². The van der Waals surface area contributed by atoms with Gasteiger partial charge in [0.05, 0.1) is 0 Å². The van der Waals surface area contributed by atoms with Crippen molar-refractivity contribution in [1.82, 2.24) is 0 Å². The van der Waals surface area contributed by atoms with Crippen LogP contribution in [0.4, 0.5) is 0 Å². The second-order valence-corrected chi connectivity index (χ2v) is 3.12. The highest BCUT2D eigenvalue weighted by Gasteiger charge is 2.15. The molecule has 1 nitrogen and oxygen atoms in total. The van der Waals surface area contributed by atoms with E-state index in [9.17, 15) is 4.79 Å². The molecule has 0 aromatic heterocycles. The van der Waals surface area contributed by atoms with E-state index in [-0.39, 0.29) is 5.78 Å². The van der Waals surface area contributed by atoms with Crippen molar-refractivity contribution in [3.05, 3.63) is 11.6 Å². The van der Waals surface area contributed by atoms with Gasteiger partial charge in [0.2, 0.25) is 0 Å². The molecule has 0 saturated heterocycles. The predicted octanol–water partition coefficient (Wildman–Crippen LogP) is 2.32. The highest BCUT2D eigenvalue weighted by atomic mass is 16.1. The summed E-state index contributed by atoms with van der Waals surface area (Å²) in [7, 11) is 0. The third-order valence-corrected chi connectivity index (χ3v) is 2.12. The van der Waals surface area contributed by atoms with Crippen LogP contribution in [-0.4, -0.2) is 5.78 Å². The van der Waals surface area contributed by atoms with Crippen LogP contribution in [0.5, 0.6) is 0 Å². The van der Waals surface area contributed by atoms with Gasteiger partial charge < -0.3 is 0 Å². The maximum atomic E-state index is 10.7. The van der Waals surface area contributed by atoms with E-state index in [1.165, 1.54) is 18.4 Å². The Morgan fingerprint density at radius 3 is 2.80 bits per heavy atom. The fourth-order valence-corrected chi connectivity index (χ4v) is 1.52. The molecular weight excluding hydrogens is 124 g/mol. The average Bonchev–Trinajstić information content (AvgIpc) is 2.15. The molecule has 1 fully saturated rings. The molecule has 1 aliphatic carbocycles. The van der Waals surface area contributed by atoms with Crippen LogP contribution in [0.15, 0.2) is 11.6 Å². The molecule has 0 aliphatic heterocycles. The molecule has 0 aromatic rings. The molecule has 0 bridgehead atoms. The summed E-state index contributed by atoms with van der Waals surface area (Å²) in [5, 5.41) is 0. The Hall–Kier alpha value is -0.590. The monoisotopic (exact) mass is 138 g/mol. The smallest absolute Gasteiger partial charge is 0.152 e. The van der Waals surface area contributed by atoms with Gasteiger partial charge in [-0.15, -0.1) is 0 Å². The summed E-state index contributed by atoms with van der Waals surface area (Å²) in [6.07, 6.45) is 5.47. The lowest BCUT2D eigenvalue weighted by molar-refractivity contribution is -0.112. The highest BCUT2D eigenvalue weighted by Crippen LogP contribution is 2.29. The molecule has 1 unspecified atom stereocenters. The van der Waals surface area contributed by atoms with Gasteiger partial charge >= 0.3 is 0 Å². The molecule has 0 spiro atoms. The minimum absolute atomic E-state index is 0.198. The summed E-state index contributed by atoms with van der Waals surface area (Å²) >= 11 is 0. The van der Waals surface area contributed by atoms with Gasteiger partial charge in [0.25, 0.3) is 0 Å². The second-order valence-electron chi connectivity index (χ2n) is 3.12. The van der Waals surface area contributed by atoms with Crippen LogP contribution in [-0.2, 0) is 4.79 Å². The van der Waals surface area contributed by atoms with Crippen molar-refractivity contribution < 1.29 is 4.79 Å². The zero-order chi connectivity index (χ0) is 7.56. The van der Waals surface area contributed by atoms with Crippen LogP contribution >= 0.6 is 0 Å². The van der Waals surface area contributed by atoms with Crippen molar-refractivity contribution in [1.29, 1.82) is 0 Å². The van der Waals surface area contributed by atoms with Gasteiger partial charge in [0.15, 0.2) is 5.78 Å². The molecule has 10 heavy (non-hydrogen) atoms. The van der Waals surface area contributed by atoms with Gasteiger partial charge in [-0.25, -0.2) is 0 Å². The number of hydrogen-bond acceptors (Lipinski definition) is 1. The summed E-state index contributed by atoms with van der Waals surface area (Å²) in [5.41, 5.74) is 1.35. The molecular formula is C9H14O. The fraction of sp³-hybridized carbons (Fsp3) is 0.667. The van der Waals surface area contributed by atoms with Crippen molar-refractivity contribution >= 4 is 5.78 Å². The third kappa shape index (κ3) is 1.69. The lowest BCUT2D eigenvalue weighted by Crippen LogP contribution is -1.92. The van der Waals surface area contributed by atoms with Gasteiger partial charge in [-0.2, -0.15) is 0 Å². The van der Waals surface area contributed by atoms with E-state index in [1.807, 2.05) is 0 Å². The van der Waals surface area contributed by atoms with Crippen molar-refractivity contribution in [2.75, 3.05) is 0 Å². The highest BCUT2D eigenvalue weighted by molar-refractivity contribution is 5.88. The normalized spacial score (nSPS) is 29.4. The Morgan fingerprint density at radius 1 is 1.70 bits per heavy atom. The summed E-state index contributed by atoms with van der Waals surface area (Å²) < 4.78 is 0. The minimum Gasteiger partial charge on any atom is -0.295 e. The number of ketones is 1. The van der Waals surface area contributed by atoms with Crippen molar-refractivity contribution in [3.63, 3.8) is 0 Å². The van der Waals surface area contributed by atoms with E-state index in [2.05, 4.69) is 6.92 Å². The zero-order valence-electron chi connectivity index (χ0n) is 6.68.